The summed E-state index contributed by atoms with van der Waals surface area (Å²) in [6.45, 7) is 10.4. The zero-order valence-electron chi connectivity index (χ0n) is 8.89. The summed E-state index contributed by atoms with van der Waals surface area (Å²) in [6.07, 6.45) is 3.26. The van der Waals surface area contributed by atoms with Gasteiger partial charge in [-0.2, -0.15) is 0 Å². The molecule has 2 heteroatoms. The van der Waals surface area contributed by atoms with Gasteiger partial charge in [0.15, 0.2) is 0 Å². The lowest BCUT2D eigenvalue weighted by molar-refractivity contribution is -0.00799. The average Bonchev–Trinajstić information content (AvgIpc) is 2.08. The molecule has 0 aromatic heterocycles. The molecule has 2 nitrogen and oxygen atoms in total. The summed E-state index contributed by atoms with van der Waals surface area (Å²) in [5, 5.41) is 3.31. The Hall–Kier alpha value is -0.0800. The van der Waals surface area contributed by atoms with Gasteiger partial charge in [-0.05, 0) is 39.8 Å². The number of ether oxygens (including phenoxy) is 1. The van der Waals surface area contributed by atoms with E-state index >= 15 is 0 Å². The zero-order chi connectivity index (χ0) is 9.40. The highest BCUT2D eigenvalue weighted by atomic mass is 16.5. The molecule has 0 amide bonds. The molecule has 1 aliphatic heterocycles. The van der Waals surface area contributed by atoms with Gasteiger partial charge in [0.1, 0.15) is 0 Å². The van der Waals surface area contributed by atoms with Gasteiger partial charge in [-0.15, -0.1) is 0 Å². The maximum absolute atomic E-state index is 5.65. The van der Waals surface area contributed by atoms with Crippen molar-refractivity contribution in [3.05, 3.63) is 0 Å². The molecule has 0 aromatic carbocycles. The molecule has 1 N–H and O–H groups in total. The number of hydrogen-bond donors (Lipinski definition) is 1. The second-order valence-corrected chi connectivity index (χ2v) is 3.13. The topological polar surface area (TPSA) is 21.3 Å². The third kappa shape index (κ3) is 5.56. The van der Waals surface area contributed by atoms with Gasteiger partial charge < -0.3 is 10.1 Å². The monoisotopic (exact) mass is 173 g/mol. The fourth-order valence-electron chi connectivity index (χ4n) is 1.32. The maximum atomic E-state index is 5.65. The molecule has 0 spiro atoms. The smallest absolute Gasteiger partial charge is 0.0602 e. The van der Waals surface area contributed by atoms with Crippen LogP contribution in [0.5, 0.6) is 0 Å². The van der Waals surface area contributed by atoms with Crippen molar-refractivity contribution in [2.24, 2.45) is 0 Å². The molecule has 0 atom stereocenters. The van der Waals surface area contributed by atoms with Gasteiger partial charge in [0.2, 0.25) is 0 Å². The van der Waals surface area contributed by atoms with Gasteiger partial charge >= 0.3 is 0 Å². The van der Waals surface area contributed by atoms with Gasteiger partial charge in [-0.25, -0.2) is 0 Å². The Morgan fingerprint density at radius 2 is 1.67 bits per heavy atom. The highest BCUT2D eigenvalue weighted by molar-refractivity contribution is 4.68. The molecule has 1 saturated heterocycles. The Bertz CT molecular complexity index is 87.8. The van der Waals surface area contributed by atoms with Gasteiger partial charge in [0.05, 0.1) is 12.2 Å². The lowest BCUT2D eigenvalue weighted by atomic mass is 10.1. The van der Waals surface area contributed by atoms with Crippen LogP contribution in [-0.4, -0.2) is 25.3 Å². The molecule has 74 valence electrons. The van der Waals surface area contributed by atoms with Gasteiger partial charge in [0.25, 0.3) is 0 Å². The number of nitrogens with one attached hydrogen (secondary N) is 1. The van der Waals surface area contributed by atoms with E-state index in [4.69, 9.17) is 4.74 Å². The SMILES string of the molecule is CC.CC(C)OC1CCNCC1. The lowest BCUT2D eigenvalue weighted by Gasteiger charge is -2.24. The third-order valence-electron chi connectivity index (χ3n) is 1.75. The summed E-state index contributed by atoms with van der Waals surface area (Å²) in [6, 6.07) is 0. The second-order valence-electron chi connectivity index (χ2n) is 3.13. The second kappa shape index (κ2) is 7.56. The van der Waals surface area contributed by atoms with Crippen LogP contribution in [0.25, 0.3) is 0 Å². The van der Waals surface area contributed by atoms with Gasteiger partial charge in [-0.1, -0.05) is 13.8 Å². The molecule has 1 heterocycles. The molecular weight excluding hydrogens is 150 g/mol. The Labute approximate surface area is 76.7 Å². The normalized spacial score (nSPS) is 18.8. The van der Waals surface area contributed by atoms with Crippen molar-refractivity contribution in [2.45, 2.75) is 52.7 Å². The first kappa shape index (κ1) is 11.9. The van der Waals surface area contributed by atoms with Crippen LogP contribution in [0.1, 0.15) is 40.5 Å². The first-order chi connectivity index (χ1) is 5.79. The molecule has 1 fully saturated rings. The molecule has 1 rings (SSSR count). The molecule has 1 aliphatic rings. The van der Waals surface area contributed by atoms with Crippen LogP contribution in [0.2, 0.25) is 0 Å². The van der Waals surface area contributed by atoms with Gasteiger partial charge in [0, 0.05) is 0 Å². The summed E-state index contributed by atoms with van der Waals surface area (Å²) >= 11 is 0. The summed E-state index contributed by atoms with van der Waals surface area (Å²) in [7, 11) is 0. The molecule has 12 heavy (non-hydrogen) atoms. The van der Waals surface area contributed by atoms with E-state index in [0.29, 0.717) is 12.2 Å². The maximum Gasteiger partial charge on any atom is 0.0602 e. The molecular formula is C10H23NO. The fourth-order valence-corrected chi connectivity index (χ4v) is 1.32. The minimum Gasteiger partial charge on any atom is -0.375 e. The summed E-state index contributed by atoms with van der Waals surface area (Å²) in [5.74, 6) is 0. The standard InChI is InChI=1S/C8H17NO.C2H6/c1-7(2)10-8-3-5-9-6-4-8;1-2/h7-9H,3-6H2,1-2H3;1-2H3. The zero-order valence-corrected chi connectivity index (χ0v) is 8.89. The van der Waals surface area contributed by atoms with Crippen molar-refractivity contribution >= 4 is 0 Å². The van der Waals surface area contributed by atoms with Crippen LogP contribution in [0.4, 0.5) is 0 Å². The predicted octanol–water partition coefficient (Wildman–Crippen LogP) is 2.19. The Morgan fingerprint density at radius 3 is 2.08 bits per heavy atom. The molecule has 0 bridgehead atoms. The fraction of sp³-hybridized carbons (Fsp3) is 1.00. The Balaban J connectivity index is 0.000000561. The summed E-state index contributed by atoms with van der Waals surface area (Å²) in [4.78, 5) is 0. The molecule has 0 aliphatic carbocycles. The van der Waals surface area contributed by atoms with Crippen LogP contribution in [0, 0.1) is 0 Å². The molecule has 0 unspecified atom stereocenters. The van der Waals surface area contributed by atoms with Crippen molar-refractivity contribution in [2.75, 3.05) is 13.1 Å². The van der Waals surface area contributed by atoms with Crippen molar-refractivity contribution in [1.82, 2.24) is 5.32 Å². The third-order valence-corrected chi connectivity index (χ3v) is 1.75. The quantitative estimate of drug-likeness (QED) is 0.691. The molecule has 0 radical (unpaired) electrons. The van der Waals surface area contributed by atoms with Crippen molar-refractivity contribution < 1.29 is 4.74 Å². The largest absolute Gasteiger partial charge is 0.375 e. The van der Waals surface area contributed by atoms with Crippen LogP contribution in [0.3, 0.4) is 0 Å². The highest BCUT2D eigenvalue weighted by Gasteiger charge is 2.13. The van der Waals surface area contributed by atoms with E-state index in [2.05, 4.69) is 19.2 Å². The van der Waals surface area contributed by atoms with Crippen LogP contribution in [0.15, 0.2) is 0 Å². The minimum atomic E-state index is 0.392. The highest BCUT2D eigenvalue weighted by Crippen LogP contribution is 2.08. The predicted molar refractivity (Wildman–Crippen MR) is 53.5 cm³/mol. The van der Waals surface area contributed by atoms with E-state index in [1.807, 2.05) is 13.8 Å². The first-order valence-electron chi connectivity index (χ1n) is 5.15. The number of piperidine rings is 1. The molecule has 0 saturated carbocycles. The van der Waals surface area contributed by atoms with Crippen molar-refractivity contribution in [3.8, 4) is 0 Å². The summed E-state index contributed by atoms with van der Waals surface area (Å²) < 4.78 is 5.65. The average molecular weight is 173 g/mol. The Kier molecular flexibility index (Phi) is 7.51. The van der Waals surface area contributed by atoms with E-state index in [9.17, 15) is 0 Å². The van der Waals surface area contributed by atoms with E-state index in [0.717, 1.165) is 13.1 Å². The Morgan fingerprint density at radius 1 is 1.17 bits per heavy atom. The van der Waals surface area contributed by atoms with E-state index in [-0.39, 0.29) is 0 Å². The lowest BCUT2D eigenvalue weighted by Crippen LogP contribution is -2.33. The summed E-state index contributed by atoms with van der Waals surface area (Å²) in [5.41, 5.74) is 0. The number of hydrogen-bond acceptors (Lipinski definition) is 2. The number of rotatable bonds is 2. The van der Waals surface area contributed by atoms with Crippen LogP contribution < -0.4 is 5.32 Å². The van der Waals surface area contributed by atoms with Crippen LogP contribution >= 0.6 is 0 Å². The van der Waals surface area contributed by atoms with Gasteiger partial charge in [-0.3, -0.25) is 0 Å². The van der Waals surface area contributed by atoms with E-state index < -0.39 is 0 Å². The minimum absolute atomic E-state index is 0.392. The molecule has 0 aromatic rings. The van der Waals surface area contributed by atoms with E-state index in [1.165, 1.54) is 12.8 Å². The first-order valence-corrected chi connectivity index (χ1v) is 5.15. The van der Waals surface area contributed by atoms with Crippen molar-refractivity contribution in [3.63, 3.8) is 0 Å². The van der Waals surface area contributed by atoms with E-state index in [1.54, 1.807) is 0 Å². The van der Waals surface area contributed by atoms with Crippen LogP contribution in [-0.2, 0) is 4.74 Å². The van der Waals surface area contributed by atoms with Crippen molar-refractivity contribution in [1.29, 1.82) is 0 Å².